The zero-order valence-electron chi connectivity index (χ0n) is 36.7. The lowest BCUT2D eigenvalue weighted by Crippen LogP contribution is -2.55. The van der Waals surface area contributed by atoms with Gasteiger partial charge in [0, 0.05) is 22.5 Å². The first-order valence-electron chi connectivity index (χ1n) is 23.8. The van der Waals surface area contributed by atoms with Gasteiger partial charge in [0.1, 0.15) is 0 Å². The number of anilines is 3. The van der Waals surface area contributed by atoms with Gasteiger partial charge >= 0.3 is 0 Å². The van der Waals surface area contributed by atoms with Crippen LogP contribution in [0.15, 0.2) is 224 Å². The highest BCUT2D eigenvalue weighted by Crippen LogP contribution is 2.69. The fourth-order valence-electron chi connectivity index (χ4n) is 13.3. The van der Waals surface area contributed by atoms with Gasteiger partial charge in [0.25, 0.3) is 0 Å². The predicted octanol–water partition coefficient (Wildman–Crippen LogP) is 17.2. The van der Waals surface area contributed by atoms with Crippen molar-refractivity contribution in [1.29, 1.82) is 0 Å². The highest BCUT2D eigenvalue weighted by molar-refractivity contribution is 5.91. The van der Waals surface area contributed by atoms with Crippen LogP contribution in [0.2, 0.25) is 0 Å². The zero-order chi connectivity index (χ0) is 42.9. The Hall–Kier alpha value is -7.22. The second-order valence-electron chi connectivity index (χ2n) is 19.3. The molecule has 0 unspecified atom stereocenters. The quantitative estimate of drug-likeness (QED) is 0.147. The third kappa shape index (κ3) is 6.35. The molecule has 5 aliphatic carbocycles. The Labute approximate surface area is 383 Å². The molecule has 1 spiro atoms. The van der Waals surface area contributed by atoms with Crippen molar-refractivity contribution in [3.8, 4) is 66.8 Å². The van der Waals surface area contributed by atoms with E-state index < -0.39 is 0 Å². The first kappa shape index (κ1) is 38.3. The van der Waals surface area contributed by atoms with Crippen LogP contribution in [0, 0.1) is 23.7 Å². The summed E-state index contributed by atoms with van der Waals surface area (Å²) in [6.45, 7) is 0. The summed E-state index contributed by atoms with van der Waals surface area (Å²) in [4.78, 5) is 2.36. The Morgan fingerprint density at radius 1 is 0.277 bits per heavy atom. The topological polar surface area (TPSA) is 3.24 Å². The van der Waals surface area contributed by atoms with Gasteiger partial charge in [-0.1, -0.05) is 176 Å². The number of benzene rings is 9. The molecule has 0 heterocycles. The fraction of sp³-hybridized carbons (Fsp3) is 0.156. The van der Waals surface area contributed by atoms with E-state index in [1.807, 2.05) is 0 Å². The summed E-state index contributed by atoms with van der Waals surface area (Å²) in [5, 5.41) is 0. The molecule has 9 aromatic carbocycles. The maximum Gasteiger partial charge on any atom is 0.0462 e. The Morgan fingerprint density at radius 2 is 0.662 bits per heavy atom. The minimum atomic E-state index is 0.193. The van der Waals surface area contributed by atoms with Crippen LogP contribution in [-0.2, 0) is 5.41 Å². The maximum absolute atomic E-state index is 2.56. The number of hydrogen-bond acceptors (Lipinski definition) is 1. The van der Waals surface area contributed by atoms with Crippen molar-refractivity contribution in [3.63, 3.8) is 0 Å². The molecule has 4 saturated carbocycles. The van der Waals surface area contributed by atoms with Crippen LogP contribution >= 0.6 is 0 Å². The summed E-state index contributed by atoms with van der Waals surface area (Å²) >= 11 is 0. The Balaban J connectivity index is 0.834. The van der Waals surface area contributed by atoms with Crippen molar-refractivity contribution in [1.82, 2.24) is 0 Å². The van der Waals surface area contributed by atoms with E-state index in [1.54, 1.807) is 11.1 Å². The summed E-state index contributed by atoms with van der Waals surface area (Å²) in [5.41, 5.74) is 22.1. The summed E-state index contributed by atoms with van der Waals surface area (Å²) in [7, 11) is 0. The molecule has 0 atom stereocenters. The predicted molar refractivity (Wildman–Crippen MR) is 272 cm³/mol. The van der Waals surface area contributed by atoms with E-state index >= 15 is 0 Å². The lowest BCUT2D eigenvalue weighted by molar-refractivity contribution is -0.0399. The van der Waals surface area contributed by atoms with E-state index in [-0.39, 0.29) is 5.41 Å². The van der Waals surface area contributed by atoms with Crippen LogP contribution in [0.4, 0.5) is 17.1 Å². The largest absolute Gasteiger partial charge is 0.311 e. The Morgan fingerprint density at radius 3 is 1.20 bits per heavy atom. The maximum atomic E-state index is 2.56. The fourth-order valence-corrected chi connectivity index (χ4v) is 13.3. The Kier molecular flexibility index (Phi) is 9.12. The van der Waals surface area contributed by atoms with Gasteiger partial charge in [0.2, 0.25) is 0 Å². The molecule has 0 aromatic heterocycles. The third-order valence-electron chi connectivity index (χ3n) is 15.9. The van der Waals surface area contributed by atoms with E-state index in [2.05, 4.69) is 229 Å². The van der Waals surface area contributed by atoms with Crippen molar-refractivity contribution in [3.05, 3.63) is 236 Å². The van der Waals surface area contributed by atoms with Crippen molar-refractivity contribution in [2.75, 3.05) is 4.90 Å². The van der Waals surface area contributed by atoms with Gasteiger partial charge in [-0.05, 0) is 182 Å². The van der Waals surface area contributed by atoms with Crippen LogP contribution in [0.25, 0.3) is 66.8 Å². The molecule has 9 aromatic rings. The molecule has 312 valence electrons. The lowest BCUT2D eigenvalue weighted by atomic mass is 9.43. The molecular weight excluding hydrogens is 783 g/mol. The molecule has 4 bridgehead atoms. The SMILES string of the molecule is c1ccc(-c2ccc(N(c3ccc(-c4ccccc4)cc3)c3ccc(-c4cccc(-c5ccccc5-c5ccc6c(c5)-c5ccccc5C65C6CC7CC(C6)CC5C7)c4)cc3)cc2)cc1. The van der Waals surface area contributed by atoms with Crippen molar-refractivity contribution >= 4 is 17.1 Å². The number of hydrogen-bond donors (Lipinski definition) is 0. The average molecular weight is 834 g/mol. The smallest absolute Gasteiger partial charge is 0.0462 e. The van der Waals surface area contributed by atoms with E-state index in [9.17, 15) is 0 Å². The third-order valence-corrected chi connectivity index (χ3v) is 15.9. The van der Waals surface area contributed by atoms with Gasteiger partial charge in [-0.3, -0.25) is 0 Å². The molecule has 4 fully saturated rings. The second-order valence-corrected chi connectivity index (χ2v) is 19.3. The van der Waals surface area contributed by atoms with Crippen molar-refractivity contribution in [2.24, 2.45) is 23.7 Å². The standard InChI is InChI=1S/C64H51N/c1-3-12-45(13-4-1)47-22-29-55(30-23-47)65(56-31-24-48(25-32-56)46-14-5-2-6-15-46)57-33-26-49(27-34-57)50-16-11-17-51(41-50)58-18-7-8-19-59(58)52-28-35-63-61(42-52)60-20-9-10-21-62(60)64(63)53-37-43-36-44(39-53)40-54(64)38-43/h1-35,41-44,53-54H,36-40H2. The zero-order valence-corrected chi connectivity index (χ0v) is 36.7. The van der Waals surface area contributed by atoms with Gasteiger partial charge in [0.05, 0.1) is 0 Å². The van der Waals surface area contributed by atoms with Gasteiger partial charge in [-0.2, -0.15) is 0 Å². The summed E-state index contributed by atoms with van der Waals surface area (Å²) in [6, 6.07) is 83.4. The number of rotatable bonds is 8. The van der Waals surface area contributed by atoms with Crippen LogP contribution < -0.4 is 4.90 Å². The minimum Gasteiger partial charge on any atom is -0.311 e. The van der Waals surface area contributed by atoms with E-state index in [4.69, 9.17) is 0 Å². The first-order chi connectivity index (χ1) is 32.2. The highest BCUT2D eigenvalue weighted by atomic mass is 15.1. The lowest BCUT2D eigenvalue weighted by Gasteiger charge is -2.61. The van der Waals surface area contributed by atoms with E-state index in [1.165, 1.54) is 98.9 Å². The van der Waals surface area contributed by atoms with Gasteiger partial charge in [-0.15, -0.1) is 0 Å². The molecule has 0 aliphatic heterocycles. The molecule has 65 heavy (non-hydrogen) atoms. The monoisotopic (exact) mass is 833 g/mol. The summed E-state index contributed by atoms with van der Waals surface area (Å²) in [6.07, 6.45) is 7.13. The molecule has 1 nitrogen and oxygen atoms in total. The van der Waals surface area contributed by atoms with E-state index in [0.29, 0.717) is 0 Å². The second kappa shape index (κ2) is 15.5. The number of nitrogens with zero attached hydrogens (tertiary/aromatic N) is 1. The van der Waals surface area contributed by atoms with Crippen molar-refractivity contribution < 1.29 is 0 Å². The molecule has 5 aliphatic rings. The molecule has 0 radical (unpaired) electrons. The molecular formula is C64H51N. The van der Waals surface area contributed by atoms with Crippen LogP contribution in [0.3, 0.4) is 0 Å². The molecule has 0 N–H and O–H groups in total. The van der Waals surface area contributed by atoms with Gasteiger partial charge in [0.15, 0.2) is 0 Å². The molecule has 0 saturated heterocycles. The molecule has 14 rings (SSSR count). The van der Waals surface area contributed by atoms with Gasteiger partial charge < -0.3 is 4.90 Å². The first-order valence-corrected chi connectivity index (χ1v) is 23.8. The van der Waals surface area contributed by atoms with E-state index in [0.717, 1.165) is 40.7 Å². The molecule has 1 heteroatoms. The summed E-state index contributed by atoms with van der Waals surface area (Å²) < 4.78 is 0. The highest BCUT2D eigenvalue weighted by Gasteiger charge is 2.61. The number of fused-ring (bicyclic) bond motifs is 3. The van der Waals surface area contributed by atoms with Crippen molar-refractivity contribution in [2.45, 2.75) is 37.5 Å². The van der Waals surface area contributed by atoms with Crippen LogP contribution in [0.1, 0.15) is 43.2 Å². The normalized spacial score (nSPS) is 21.0. The average Bonchev–Trinajstić information content (AvgIpc) is 3.67. The van der Waals surface area contributed by atoms with Crippen LogP contribution in [-0.4, -0.2) is 0 Å². The summed E-state index contributed by atoms with van der Waals surface area (Å²) in [5.74, 6) is 3.44. The Bertz CT molecular complexity index is 3070. The molecule has 0 amide bonds. The van der Waals surface area contributed by atoms with Crippen LogP contribution in [0.5, 0.6) is 0 Å². The minimum absolute atomic E-state index is 0.193. The van der Waals surface area contributed by atoms with Gasteiger partial charge in [-0.25, -0.2) is 0 Å².